The number of hydrogen-bond acceptors (Lipinski definition) is 1. The van der Waals surface area contributed by atoms with E-state index < -0.39 is 0 Å². The van der Waals surface area contributed by atoms with E-state index in [-0.39, 0.29) is 0 Å². The number of hydrogen-bond donors (Lipinski definition) is 1. The van der Waals surface area contributed by atoms with Gasteiger partial charge in [0.05, 0.1) is 0 Å². The number of halogens is 1. The van der Waals surface area contributed by atoms with Crippen LogP contribution in [-0.2, 0) is 0 Å². The molecule has 0 aliphatic rings. The van der Waals surface area contributed by atoms with E-state index in [1.54, 1.807) is 0 Å². The normalized spacial score (nSPS) is 11.3. The smallest absolute Gasteiger partial charge is 0.0431 e. The largest absolute Gasteiger partial charge is 0.396 e. The highest BCUT2D eigenvalue weighted by Gasteiger charge is 1.96. The van der Waals surface area contributed by atoms with Gasteiger partial charge in [-0.3, -0.25) is 0 Å². The fourth-order valence-corrected chi connectivity index (χ4v) is 4.32. The zero-order valence-corrected chi connectivity index (χ0v) is 20.1. The third kappa shape index (κ3) is 26.4. The van der Waals surface area contributed by atoms with Crippen molar-refractivity contribution in [2.24, 2.45) is 0 Å². The highest BCUT2D eigenvalue weighted by Crippen LogP contribution is 2.15. The molecule has 0 heterocycles. The maximum Gasteiger partial charge on any atom is 0.0431 e. The summed E-state index contributed by atoms with van der Waals surface area (Å²) in [7, 11) is 0. The van der Waals surface area contributed by atoms with Crippen LogP contribution in [0.5, 0.6) is 0 Å². The van der Waals surface area contributed by atoms with Gasteiger partial charge in [0.1, 0.15) is 0 Å². The second-order valence-electron chi connectivity index (χ2n) is 8.54. The molecule has 0 aromatic rings. The van der Waals surface area contributed by atoms with Crippen LogP contribution >= 0.6 is 15.9 Å². The van der Waals surface area contributed by atoms with Gasteiger partial charge >= 0.3 is 0 Å². The predicted octanol–water partition coefficient (Wildman–Crippen LogP) is 9.35. The minimum Gasteiger partial charge on any atom is -0.396 e. The standard InChI is InChI=1S/C25H51BrO/c26-24-22-20-18-16-14-12-10-8-6-4-2-1-3-5-7-9-11-13-15-17-19-21-23-25-27/h27H,1-25H2. The Morgan fingerprint density at radius 2 is 0.481 bits per heavy atom. The van der Waals surface area contributed by atoms with Gasteiger partial charge in [0, 0.05) is 11.9 Å². The molecule has 2 heteroatoms. The summed E-state index contributed by atoms with van der Waals surface area (Å²) in [6, 6.07) is 0. The molecular weight excluding hydrogens is 396 g/mol. The maximum atomic E-state index is 8.74. The SMILES string of the molecule is OCCCCCCCCCCCCCCCCCCCCCCCCCBr. The number of aliphatic hydroxyl groups excluding tert-OH is 1. The number of unbranched alkanes of at least 4 members (excludes halogenated alkanes) is 22. The lowest BCUT2D eigenvalue weighted by Gasteiger charge is -2.04. The topological polar surface area (TPSA) is 20.2 Å². The Hall–Kier alpha value is 0.440. The summed E-state index contributed by atoms with van der Waals surface area (Å²) < 4.78 is 0. The molecule has 1 N–H and O–H groups in total. The van der Waals surface area contributed by atoms with Gasteiger partial charge in [0.15, 0.2) is 0 Å². The van der Waals surface area contributed by atoms with Crippen LogP contribution < -0.4 is 0 Å². The van der Waals surface area contributed by atoms with Gasteiger partial charge in [-0.2, -0.15) is 0 Å². The summed E-state index contributed by atoms with van der Waals surface area (Å²) in [6.45, 7) is 0.373. The Balaban J connectivity index is 2.95. The van der Waals surface area contributed by atoms with E-state index in [4.69, 9.17) is 5.11 Å². The zero-order valence-electron chi connectivity index (χ0n) is 18.5. The molecule has 1 nitrogen and oxygen atoms in total. The average molecular weight is 448 g/mol. The minimum atomic E-state index is 0.373. The Bertz CT molecular complexity index is 220. The van der Waals surface area contributed by atoms with Gasteiger partial charge < -0.3 is 5.11 Å². The lowest BCUT2D eigenvalue weighted by Crippen LogP contribution is -1.85. The molecule has 0 atom stereocenters. The Labute approximate surface area is 180 Å². The summed E-state index contributed by atoms with van der Waals surface area (Å²) in [5.41, 5.74) is 0. The van der Waals surface area contributed by atoms with Crippen molar-refractivity contribution in [2.45, 2.75) is 148 Å². The first kappa shape index (κ1) is 27.4. The molecule has 0 spiro atoms. The molecule has 0 aromatic carbocycles. The molecule has 0 saturated heterocycles. The average Bonchev–Trinajstić information content (AvgIpc) is 2.68. The lowest BCUT2D eigenvalue weighted by atomic mass is 10.0. The van der Waals surface area contributed by atoms with E-state index in [2.05, 4.69) is 15.9 Å². The molecule has 0 saturated carbocycles. The molecule has 0 unspecified atom stereocenters. The van der Waals surface area contributed by atoms with E-state index in [9.17, 15) is 0 Å². The number of rotatable bonds is 24. The molecule has 27 heavy (non-hydrogen) atoms. The third-order valence-corrected chi connectivity index (χ3v) is 6.35. The van der Waals surface area contributed by atoms with Crippen LogP contribution in [0.4, 0.5) is 0 Å². The van der Waals surface area contributed by atoms with Crippen molar-refractivity contribution in [1.82, 2.24) is 0 Å². The van der Waals surface area contributed by atoms with Crippen LogP contribution in [0.15, 0.2) is 0 Å². The molecule has 164 valence electrons. The molecule has 0 aliphatic carbocycles. The van der Waals surface area contributed by atoms with Crippen LogP contribution in [0, 0.1) is 0 Å². The molecule has 0 aliphatic heterocycles. The van der Waals surface area contributed by atoms with Crippen LogP contribution in [-0.4, -0.2) is 17.0 Å². The van der Waals surface area contributed by atoms with E-state index in [1.165, 1.54) is 147 Å². The summed E-state index contributed by atoms with van der Waals surface area (Å²) in [5, 5.41) is 9.92. The number of aliphatic hydroxyl groups is 1. The molecular formula is C25H51BrO. The quantitative estimate of drug-likeness (QED) is 0.115. The highest BCUT2D eigenvalue weighted by molar-refractivity contribution is 9.09. The Morgan fingerprint density at radius 3 is 0.667 bits per heavy atom. The first-order valence-corrected chi connectivity index (χ1v) is 13.7. The van der Waals surface area contributed by atoms with Crippen molar-refractivity contribution in [3.8, 4) is 0 Å². The Morgan fingerprint density at radius 1 is 0.296 bits per heavy atom. The van der Waals surface area contributed by atoms with Gasteiger partial charge in [-0.15, -0.1) is 0 Å². The van der Waals surface area contributed by atoms with E-state index in [1.807, 2.05) is 0 Å². The van der Waals surface area contributed by atoms with Gasteiger partial charge in [-0.25, -0.2) is 0 Å². The molecule has 0 radical (unpaired) electrons. The van der Waals surface area contributed by atoms with Gasteiger partial charge in [0.2, 0.25) is 0 Å². The first-order valence-electron chi connectivity index (χ1n) is 12.6. The molecule has 0 fully saturated rings. The van der Waals surface area contributed by atoms with Crippen LogP contribution in [0.25, 0.3) is 0 Å². The summed E-state index contributed by atoms with van der Waals surface area (Å²) >= 11 is 3.50. The highest BCUT2D eigenvalue weighted by atomic mass is 79.9. The van der Waals surface area contributed by atoms with Crippen molar-refractivity contribution >= 4 is 15.9 Å². The second-order valence-corrected chi connectivity index (χ2v) is 9.34. The number of alkyl halides is 1. The minimum absolute atomic E-state index is 0.373. The van der Waals surface area contributed by atoms with Gasteiger partial charge in [0.25, 0.3) is 0 Å². The van der Waals surface area contributed by atoms with Crippen LogP contribution in [0.1, 0.15) is 148 Å². The monoisotopic (exact) mass is 446 g/mol. The van der Waals surface area contributed by atoms with E-state index >= 15 is 0 Å². The van der Waals surface area contributed by atoms with E-state index in [0.717, 1.165) is 6.42 Å². The van der Waals surface area contributed by atoms with Crippen LogP contribution in [0.3, 0.4) is 0 Å². The fraction of sp³-hybridized carbons (Fsp3) is 1.00. The molecule has 0 amide bonds. The van der Waals surface area contributed by atoms with Crippen molar-refractivity contribution in [3.63, 3.8) is 0 Å². The molecule has 0 bridgehead atoms. The summed E-state index contributed by atoms with van der Waals surface area (Å²) in [4.78, 5) is 0. The summed E-state index contributed by atoms with van der Waals surface area (Å²) in [6.07, 6.45) is 32.5. The van der Waals surface area contributed by atoms with Crippen molar-refractivity contribution < 1.29 is 5.11 Å². The maximum absolute atomic E-state index is 8.74. The Kier molecular flexibility index (Phi) is 26.9. The molecule has 0 rings (SSSR count). The second kappa shape index (κ2) is 26.4. The van der Waals surface area contributed by atoms with Crippen molar-refractivity contribution in [3.05, 3.63) is 0 Å². The van der Waals surface area contributed by atoms with Gasteiger partial charge in [-0.05, 0) is 12.8 Å². The molecule has 0 aromatic heterocycles. The lowest BCUT2D eigenvalue weighted by molar-refractivity contribution is 0.282. The zero-order chi connectivity index (χ0) is 19.7. The van der Waals surface area contributed by atoms with Gasteiger partial charge in [-0.1, -0.05) is 151 Å². The first-order chi connectivity index (χ1) is 13.4. The van der Waals surface area contributed by atoms with E-state index in [0.29, 0.717) is 6.61 Å². The van der Waals surface area contributed by atoms with Crippen molar-refractivity contribution in [1.29, 1.82) is 0 Å². The predicted molar refractivity (Wildman–Crippen MR) is 127 cm³/mol. The van der Waals surface area contributed by atoms with Crippen LogP contribution in [0.2, 0.25) is 0 Å². The summed E-state index contributed by atoms with van der Waals surface area (Å²) in [5.74, 6) is 0. The fourth-order valence-electron chi connectivity index (χ4n) is 3.92. The van der Waals surface area contributed by atoms with Crippen molar-refractivity contribution in [2.75, 3.05) is 11.9 Å². The third-order valence-electron chi connectivity index (χ3n) is 5.79.